The van der Waals surface area contributed by atoms with Gasteiger partial charge in [-0.25, -0.2) is 4.79 Å². The van der Waals surface area contributed by atoms with Gasteiger partial charge in [-0.15, -0.1) is 0 Å². The Morgan fingerprint density at radius 2 is 2.00 bits per heavy atom. The molecular weight excluding hydrogens is 200 g/mol. The molecule has 1 aliphatic rings. The Morgan fingerprint density at radius 1 is 1.40 bits per heavy atom. The number of carbonyl (C=O) groups excluding carboxylic acids is 1. The van der Waals surface area contributed by atoms with Crippen LogP contribution in [0.3, 0.4) is 0 Å². The summed E-state index contributed by atoms with van der Waals surface area (Å²) in [6.07, 6.45) is 1.48. The number of nitrogens with one attached hydrogen (secondary N) is 2. The lowest BCUT2D eigenvalue weighted by Gasteiger charge is -2.24. The number of carbonyl (C=O) groups is 2. The van der Waals surface area contributed by atoms with Crippen molar-refractivity contribution in [2.75, 3.05) is 20.3 Å². The second-order valence-corrected chi connectivity index (χ2v) is 3.46. The van der Waals surface area contributed by atoms with Crippen molar-refractivity contribution in [2.24, 2.45) is 0 Å². The highest BCUT2D eigenvalue weighted by Crippen LogP contribution is 2.06. The Hall–Kier alpha value is -1.14. The number of likely N-dealkylation sites (N-methyl/N-ethyl adjacent to an activating group) is 1. The van der Waals surface area contributed by atoms with Crippen LogP contribution < -0.4 is 10.6 Å². The maximum atomic E-state index is 11.5. The smallest absolute Gasteiger partial charge is 0.330 e. The van der Waals surface area contributed by atoms with E-state index in [2.05, 4.69) is 10.6 Å². The van der Waals surface area contributed by atoms with E-state index in [-0.39, 0.29) is 6.04 Å². The van der Waals surface area contributed by atoms with Gasteiger partial charge in [0.15, 0.2) is 6.04 Å². The zero-order chi connectivity index (χ0) is 11.3. The summed E-state index contributed by atoms with van der Waals surface area (Å²) in [4.78, 5) is 22.2. The van der Waals surface area contributed by atoms with Gasteiger partial charge in [-0.05, 0) is 19.9 Å². The van der Waals surface area contributed by atoms with E-state index in [0.717, 1.165) is 12.8 Å². The predicted molar refractivity (Wildman–Crippen MR) is 52.5 cm³/mol. The van der Waals surface area contributed by atoms with Gasteiger partial charge in [-0.1, -0.05) is 0 Å². The fraction of sp³-hybridized carbons (Fsp3) is 0.778. The first-order valence-electron chi connectivity index (χ1n) is 4.93. The van der Waals surface area contributed by atoms with Crippen LogP contribution in [0.5, 0.6) is 0 Å². The predicted octanol–water partition coefficient (Wildman–Crippen LogP) is -1.05. The van der Waals surface area contributed by atoms with E-state index in [4.69, 9.17) is 9.84 Å². The maximum Gasteiger partial charge on any atom is 0.330 e. The number of hydrogen-bond donors (Lipinski definition) is 3. The Morgan fingerprint density at radius 3 is 2.47 bits per heavy atom. The van der Waals surface area contributed by atoms with Crippen LogP contribution in [-0.4, -0.2) is 49.3 Å². The minimum absolute atomic E-state index is 0.0291. The molecule has 1 heterocycles. The first-order chi connectivity index (χ1) is 7.15. The van der Waals surface area contributed by atoms with Crippen LogP contribution in [0.4, 0.5) is 0 Å². The summed E-state index contributed by atoms with van der Waals surface area (Å²) in [5, 5.41) is 13.9. The Balaban J connectivity index is 2.42. The summed E-state index contributed by atoms with van der Waals surface area (Å²) in [6, 6.07) is -1.14. The molecule has 86 valence electrons. The second kappa shape index (κ2) is 5.67. The fourth-order valence-corrected chi connectivity index (χ4v) is 1.49. The van der Waals surface area contributed by atoms with E-state index in [1.807, 2.05) is 0 Å². The van der Waals surface area contributed by atoms with Gasteiger partial charge in [0.25, 0.3) is 0 Å². The van der Waals surface area contributed by atoms with Gasteiger partial charge >= 0.3 is 5.97 Å². The van der Waals surface area contributed by atoms with Gasteiger partial charge in [0.1, 0.15) is 0 Å². The average molecular weight is 216 g/mol. The molecule has 1 atom stereocenters. The number of carboxylic acids is 1. The SMILES string of the molecule is CNC(C(=O)O)C(=O)NC1CCOCC1. The molecule has 0 aromatic carbocycles. The number of aliphatic carboxylic acids is 1. The topological polar surface area (TPSA) is 87.7 Å². The largest absolute Gasteiger partial charge is 0.480 e. The Labute approximate surface area is 88.0 Å². The van der Waals surface area contributed by atoms with Crippen LogP contribution in [0.15, 0.2) is 0 Å². The lowest BCUT2D eigenvalue weighted by molar-refractivity contribution is -0.144. The van der Waals surface area contributed by atoms with Crippen molar-refractivity contribution in [1.82, 2.24) is 10.6 Å². The molecule has 1 aliphatic heterocycles. The molecule has 0 saturated carbocycles. The van der Waals surface area contributed by atoms with E-state index in [1.165, 1.54) is 7.05 Å². The third kappa shape index (κ3) is 3.49. The Bertz CT molecular complexity index is 238. The van der Waals surface area contributed by atoms with Gasteiger partial charge < -0.3 is 15.2 Å². The molecule has 3 N–H and O–H groups in total. The quantitative estimate of drug-likeness (QED) is 0.522. The van der Waals surface area contributed by atoms with E-state index in [0.29, 0.717) is 13.2 Å². The lowest BCUT2D eigenvalue weighted by Crippen LogP contribution is -2.51. The van der Waals surface area contributed by atoms with E-state index in [9.17, 15) is 9.59 Å². The fourth-order valence-electron chi connectivity index (χ4n) is 1.49. The second-order valence-electron chi connectivity index (χ2n) is 3.46. The molecule has 15 heavy (non-hydrogen) atoms. The maximum absolute atomic E-state index is 11.5. The number of hydrogen-bond acceptors (Lipinski definition) is 4. The summed E-state index contributed by atoms with van der Waals surface area (Å²) in [5.74, 6) is -1.65. The summed E-state index contributed by atoms with van der Waals surface area (Å²) >= 11 is 0. The number of rotatable bonds is 4. The van der Waals surface area contributed by atoms with Crippen molar-refractivity contribution in [3.63, 3.8) is 0 Å². The third-order valence-electron chi connectivity index (χ3n) is 2.37. The van der Waals surface area contributed by atoms with Gasteiger partial charge in [0.2, 0.25) is 5.91 Å². The molecule has 6 nitrogen and oxygen atoms in total. The zero-order valence-electron chi connectivity index (χ0n) is 8.66. The third-order valence-corrected chi connectivity index (χ3v) is 2.37. The van der Waals surface area contributed by atoms with Crippen LogP contribution in [0.25, 0.3) is 0 Å². The summed E-state index contributed by atoms with van der Waals surface area (Å²) < 4.78 is 5.13. The van der Waals surface area contributed by atoms with Gasteiger partial charge in [0.05, 0.1) is 0 Å². The molecule has 0 radical (unpaired) electrons. The highest BCUT2D eigenvalue weighted by Gasteiger charge is 2.26. The molecule has 1 amide bonds. The highest BCUT2D eigenvalue weighted by molar-refractivity contribution is 6.01. The summed E-state index contributed by atoms with van der Waals surface area (Å²) in [5.41, 5.74) is 0. The van der Waals surface area contributed by atoms with Crippen molar-refractivity contribution < 1.29 is 19.4 Å². The van der Waals surface area contributed by atoms with Crippen LogP contribution in [0.1, 0.15) is 12.8 Å². The summed E-state index contributed by atoms with van der Waals surface area (Å²) in [7, 11) is 1.45. The van der Waals surface area contributed by atoms with Crippen molar-refractivity contribution in [3.8, 4) is 0 Å². The molecule has 1 fully saturated rings. The number of carboxylic acid groups (broad SMARTS) is 1. The molecule has 0 aliphatic carbocycles. The normalized spacial score (nSPS) is 19.5. The standard InChI is InChI=1S/C9H16N2O4/c1-10-7(9(13)14)8(12)11-6-2-4-15-5-3-6/h6-7,10H,2-5H2,1H3,(H,11,12)(H,13,14). The van der Waals surface area contributed by atoms with Crippen LogP contribution in [-0.2, 0) is 14.3 Å². The van der Waals surface area contributed by atoms with E-state index >= 15 is 0 Å². The molecule has 1 unspecified atom stereocenters. The summed E-state index contributed by atoms with van der Waals surface area (Å²) in [6.45, 7) is 1.23. The highest BCUT2D eigenvalue weighted by atomic mass is 16.5. The average Bonchev–Trinajstić information content (AvgIpc) is 2.19. The van der Waals surface area contributed by atoms with E-state index < -0.39 is 17.9 Å². The monoisotopic (exact) mass is 216 g/mol. The molecular formula is C9H16N2O4. The number of amides is 1. The molecule has 0 bridgehead atoms. The minimum Gasteiger partial charge on any atom is -0.480 e. The van der Waals surface area contributed by atoms with Gasteiger partial charge in [0, 0.05) is 19.3 Å². The molecule has 0 spiro atoms. The van der Waals surface area contributed by atoms with Gasteiger partial charge in [-0.3, -0.25) is 10.1 Å². The molecule has 6 heteroatoms. The molecule has 1 saturated heterocycles. The first kappa shape index (κ1) is 11.9. The minimum atomic E-state index is -1.17. The zero-order valence-corrected chi connectivity index (χ0v) is 8.66. The van der Waals surface area contributed by atoms with E-state index in [1.54, 1.807) is 0 Å². The van der Waals surface area contributed by atoms with Gasteiger partial charge in [-0.2, -0.15) is 0 Å². The first-order valence-corrected chi connectivity index (χ1v) is 4.93. The Kier molecular flexibility index (Phi) is 4.51. The van der Waals surface area contributed by atoms with Crippen molar-refractivity contribution in [3.05, 3.63) is 0 Å². The van der Waals surface area contributed by atoms with Crippen molar-refractivity contribution >= 4 is 11.9 Å². The lowest BCUT2D eigenvalue weighted by atomic mass is 10.1. The molecule has 0 aromatic rings. The molecule has 1 rings (SSSR count). The van der Waals surface area contributed by atoms with Crippen LogP contribution >= 0.6 is 0 Å². The molecule has 0 aromatic heterocycles. The number of ether oxygens (including phenoxy) is 1. The van der Waals surface area contributed by atoms with Crippen LogP contribution in [0.2, 0.25) is 0 Å². The van der Waals surface area contributed by atoms with Crippen LogP contribution in [0, 0.1) is 0 Å². The van der Waals surface area contributed by atoms with Crippen molar-refractivity contribution in [1.29, 1.82) is 0 Å². The van der Waals surface area contributed by atoms with Crippen molar-refractivity contribution in [2.45, 2.75) is 24.9 Å².